The summed E-state index contributed by atoms with van der Waals surface area (Å²) in [7, 11) is 0. The van der Waals surface area contributed by atoms with Crippen LogP contribution in [0, 0.1) is 12.8 Å². The average Bonchev–Trinajstić information content (AvgIpc) is 3.66. The van der Waals surface area contributed by atoms with Crippen LogP contribution in [-0.4, -0.2) is 85.4 Å². The average molecular weight is 638 g/mol. The zero-order valence-corrected chi connectivity index (χ0v) is 26.5. The van der Waals surface area contributed by atoms with Gasteiger partial charge in [-0.25, -0.2) is 4.98 Å². The van der Waals surface area contributed by atoms with E-state index in [0.29, 0.717) is 49.4 Å². The van der Waals surface area contributed by atoms with Crippen molar-refractivity contribution in [1.82, 2.24) is 34.9 Å². The van der Waals surface area contributed by atoms with Crippen molar-refractivity contribution in [1.29, 1.82) is 0 Å². The number of hydrogen-bond acceptors (Lipinski definition) is 9. The first-order valence-electron chi connectivity index (χ1n) is 16.4. The van der Waals surface area contributed by atoms with Crippen LogP contribution in [0.3, 0.4) is 0 Å². The Kier molecular flexibility index (Phi) is 8.21. The molecule has 3 aromatic rings. The minimum Gasteiger partial charge on any atom is -0.380 e. The van der Waals surface area contributed by atoms with Crippen LogP contribution in [0.15, 0.2) is 55.3 Å². The van der Waals surface area contributed by atoms with E-state index in [1.54, 1.807) is 36.8 Å². The largest absolute Gasteiger partial charge is 0.380 e. The summed E-state index contributed by atoms with van der Waals surface area (Å²) >= 11 is 0. The summed E-state index contributed by atoms with van der Waals surface area (Å²) in [4.78, 5) is 66.7. The van der Waals surface area contributed by atoms with Gasteiger partial charge < -0.3 is 20.4 Å². The molecule has 3 fully saturated rings. The number of nitrogens with one attached hydrogen (secondary N) is 2. The number of rotatable bonds is 7. The number of allylic oxidation sites excluding steroid dienone is 1. The number of anilines is 2. The highest BCUT2D eigenvalue weighted by Gasteiger charge is 2.45. The van der Waals surface area contributed by atoms with Gasteiger partial charge in [-0.3, -0.25) is 33.7 Å². The number of nitrogens with zero attached hydrogens (tertiary/aromatic N) is 7. The summed E-state index contributed by atoms with van der Waals surface area (Å²) in [5.74, 6) is -0.143. The number of likely N-dealkylation sites (tertiary alicyclic amines) is 1. The van der Waals surface area contributed by atoms with E-state index in [-0.39, 0.29) is 29.3 Å². The van der Waals surface area contributed by atoms with Crippen LogP contribution in [0.25, 0.3) is 0 Å². The van der Waals surface area contributed by atoms with Gasteiger partial charge in [0.1, 0.15) is 11.9 Å². The molecule has 3 saturated heterocycles. The third kappa shape index (κ3) is 5.97. The zero-order valence-electron chi connectivity index (χ0n) is 26.5. The van der Waals surface area contributed by atoms with Crippen LogP contribution < -0.4 is 15.5 Å². The lowest BCUT2D eigenvalue weighted by atomic mass is 9.94. The Morgan fingerprint density at radius 1 is 1.00 bits per heavy atom. The Hall–Kier alpha value is -5.07. The molecular weight excluding hydrogens is 598 g/mol. The molecule has 1 atom stereocenters. The molecule has 1 unspecified atom stereocenters. The van der Waals surface area contributed by atoms with Gasteiger partial charge in [-0.1, -0.05) is 12.6 Å². The Morgan fingerprint density at radius 3 is 2.53 bits per heavy atom. The summed E-state index contributed by atoms with van der Waals surface area (Å²) in [5.41, 5.74) is 3.54. The standard InChI is InChI=1S/C34H39N9O4/c1-21-6-7-28(31(44)39-21)43-33(46)26-4-3-5-27(30(26)34(43)47)36-17-23-18-37-42(20-23)25-10-14-41(15-11-25)32(45)24-8-12-40(13-9-24)29-19-35-16-22(2)38-29/h3-5,16,18-20,24-25,28,36H,1,6-15,17H2,2H3,(H,39,44). The molecule has 2 N–H and O–H groups in total. The van der Waals surface area contributed by atoms with E-state index in [9.17, 15) is 19.2 Å². The number of fused-ring (bicyclic) bond motifs is 1. The van der Waals surface area contributed by atoms with Gasteiger partial charge in [-0.2, -0.15) is 5.10 Å². The van der Waals surface area contributed by atoms with Gasteiger partial charge in [0.25, 0.3) is 11.8 Å². The second-order valence-corrected chi connectivity index (χ2v) is 12.9. The maximum Gasteiger partial charge on any atom is 0.264 e. The van der Waals surface area contributed by atoms with E-state index in [1.165, 1.54) is 0 Å². The molecule has 244 valence electrons. The van der Waals surface area contributed by atoms with E-state index in [2.05, 4.69) is 37.2 Å². The second kappa shape index (κ2) is 12.6. The fraction of sp³-hybridized carbons (Fsp3) is 0.441. The quantitative estimate of drug-likeness (QED) is 0.374. The maximum absolute atomic E-state index is 13.4. The number of hydrogen-bond donors (Lipinski definition) is 2. The SMILES string of the molecule is C=C1CCC(N2C(=O)c3cccc(NCc4cnn(C5CCN(C(=O)C6CCN(c7cncc(C)n7)CC6)CC5)c4)c3C2=O)C(=O)N1. The number of benzene rings is 1. The lowest BCUT2D eigenvalue weighted by Gasteiger charge is -2.37. The highest BCUT2D eigenvalue weighted by molar-refractivity contribution is 6.25. The summed E-state index contributed by atoms with van der Waals surface area (Å²) in [5, 5.41) is 10.6. The second-order valence-electron chi connectivity index (χ2n) is 12.9. The molecule has 13 heteroatoms. The molecule has 0 aliphatic carbocycles. The number of carbonyl (C=O) groups is 4. The highest BCUT2D eigenvalue weighted by atomic mass is 16.2. The molecule has 0 radical (unpaired) electrons. The van der Waals surface area contributed by atoms with E-state index >= 15 is 0 Å². The predicted octanol–water partition coefficient (Wildman–Crippen LogP) is 3.06. The van der Waals surface area contributed by atoms with Crippen molar-refractivity contribution in [2.24, 2.45) is 5.92 Å². The van der Waals surface area contributed by atoms with Crippen LogP contribution in [0.4, 0.5) is 11.5 Å². The number of amides is 4. The van der Waals surface area contributed by atoms with Crippen molar-refractivity contribution in [3.8, 4) is 0 Å². The summed E-state index contributed by atoms with van der Waals surface area (Å²) in [6, 6.07) is 4.47. The molecule has 4 aliphatic rings. The van der Waals surface area contributed by atoms with Gasteiger partial charge in [0.2, 0.25) is 11.8 Å². The fourth-order valence-electron chi connectivity index (χ4n) is 7.17. The zero-order chi connectivity index (χ0) is 32.7. The van der Waals surface area contributed by atoms with E-state index in [1.807, 2.05) is 22.7 Å². The third-order valence-corrected chi connectivity index (χ3v) is 9.78. The Bertz CT molecular complexity index is 1740. The molecule has 6 heterocycles. The first-order chi connectivity index (χ1) is 22.8. The molecule has 13 nitrogen and oxygen atoms in total. The molecule has 4 amide bonds. The number of carbonyl (C=O) groups excluding carboxylic acids is 4. The number of aryl methyl sites for hydroxylation is 1. The van der Waals surface area contributed by atoms with Gasteiger partial charge >= 0.3 is 0 Å². The van der Waals surface area contributed by atoms with Crippen molar-refractivity contribution in [3.63, 3.8) is 0 Å². The Labute approximate surface area is 273 Å². The topological polar surface area (TPSA) is 146 Å². The van der Waals surface area contributed by atoms with Crippen molar-refractivity contribution in [3.05, 3.63) is 77.6 Å². The van der Waals surface area contributed by atoms with E-state index in [4.69, 9.17) is 0 Å². The normalized spacial score (nSPS) is 20.9. The molecule has 7 rings (SSSR count). The molecule has 4 aliphatic heterocycles. The van der Waals surface area contributed by atoms with Crippen LogP contribution in [0.5, 0.6) is 0 Å². The van der Waals surface area contributed by atoms with Gasteiger partial charge in [-0.15, -0.1) is 0 Å². The van der Waals surface area contributed by atoms with Crippen LogP contribution in [0.1, 0.15) is 76.5 Å². The molecule has 0 bridgehead atoms. The number of piperidine rings is 3. The fourth-order valence-corrected chi connectivity index (χ4v) is 7.17. The molecule has 0 spiro atoms. The third-order valence-electron chi connectivity index (χ3n) is 9.78. The monoisotopic (exact) mass is 637 g/mol. The minimum atomic E-state index is -0.854. The van der Waals surface area contributed by atoms with Crippen LogP contribution in [0.2, 0.25) is 0 Å². The van der Waals surface area contributed by atoms with Crippen molar-refractivity contribution in [2.75, 3.05) is 36.4 Å². The molecule has 1 aromatic carbocycles. The Morgan fingerprint density at radius 2 is 1.79 bits per heavy atom. The maximum atomic E-state index is 13.4. The number of imide groups is 1. The van der Waals surface area contributed by atoms with Crippen LogP contribution in [-0.2, 0) is 16.1 Å². The first-order valence-corrected chi connectivity index (χ1v) is 16.4. The highest BCUT2D eigenvalue weighted by Crippen LogP contribution is 2.33. The van der Waals surface area contributed by atoms with Crippen LogP contribution >= 0.6 is 0 Å². The molecule has 2 aromatic heterocycles. The van der Waals surface area contributed by atoms with Gasteiger partial charge in [0.15, 0.2) is 0 Å². The number of aromatic nitrogens is 4. The van der Waals surface area contributed by atoms with Gasteiger partial charge in [-0.05, 0) is 57.6 Å². The summed E-state index contributed by atoms with van der Waals surface area (Å²) in [6.07, 6.45) is 11.5. The van der Waals surface area contributed by atoms with Crippen molar-refractivity contribution in [2.45, 2.75) is 64.1 Å². The van der Waals surface area contributed by atoms with E-state index < -0.39 is 17.9 Å². The predicted molar refractivity (Wildman–Crippen MR) is 173 cm³/mol. The molecule has 0 saturated carbocycles. The lowest BCUT2D eigenvalue weighted by Crippen LogP contribution is -2.51. The molecular formula is C34H39N9O4. The van der Waals surface area contributed by atoms with Gasteiger partial charge in [0.05, 0.1) is 35.3 Å². The van der Waals surface area contributed by atoms with Crippen molar-refractivity contribution < 1.29 is 19.2 Å². The Balaban J connectivity index is 0.918. The minimum absolute atomic E-state index is 0.0384. The summed E-state index contributed by atoms with van der Waals surface area (Å²) in [6.45, 7) is 9.15. The van der Waals surface area contributed by atoms with Gasteiger partial charge in [0, 0.05) is 68.0 Å². The smallest absolute Gasteiger partial charge is 0.264 e. The van der Waals surface area contributed by atoms with Crippen molar-refractivity contribution >= 4 is 35.1 Å². The lowest BCUT2D eigenvalue weighted by molar-refractivity contribution is -0.137. The first kappa shape index (κ1) is 30.6. The molecule has 47 heavy (non-hydrogen) atoms. The summed E-state index contributed by atoms with van der Waals surface area (Å²) < 4.78 is 1.97. The van der Waals surface area contributed by atoms with E-state index in [0.717, 1.165) is 60.7 Å².